The number of ether oxygens (including phenoxy) is 1. The fourth-order valence-corrected chi connectivity index (χ4v) is 6.48. The molecule has 1 saturated heterocycles. The maximum Gasteiger partial charge on any atom is 0.335 e. The quantitative estimate of drug-likeness (QED) is 0.237. The first-order chi connectivity index (χ1) is 18.9. The number of thiazole rings is 1. The van der Waals surface area contributed by atoms with Crippen LogP contribution in [0, 0.1) is 13.8 Å². The van der Waals surface area contributed by atoms with Gasteiger partial charge in [-0.25, -0.2) is 9.78 Å². The Morgan fingerprint density at radius 3 is 2.64 bits per heavy atom. The number of hydrogen-bond acceptors (Lipinski definition) is 7. The SMILES string of the molecule is Cc1cc(C(=O)O)ccc1-c1csc(N2CCC(OCc3c(-c4c(C)cccc4Cl)noc3C3CC3)CC2)n1. The topological polar surface area (TPSA) is 88.7 Å². The number of aromatic nitrogens is 2. The molecule has 2 aliphatic rings. The van der Waals surface area contributed by atoms with Crippen LogP contribution in [-0.2, 0) is 11.3 Å². The molecule has 39 heavy (non-hydrogen) atoms. The monoisotopic (exact) mass is 563 g/mol. The number of halogens is 1. The third kappa shape index (κ3) is 5.33. The van der Waals surface area contributed by atoms with Gasteiger partial charge in [0.1, 0.15) is 11.5 Å². The van der Waals surface area contributed by atoms with Gasteiger partial charge in [0.05, 0.1) is 29.0 Å². The first-order valence-corrected chi connectivity index (χ1v) is 14.5. The van der Waals surface area contributed by atoms with Crippen LogP contribution in [-0.4, -0.2) is 40.4 Å². The van der Waals surface area contributed by atoms with Crippen LogP contribution in [0.3, 0.4) is 0 Å². The van der Waals surface area contributed by atoms with Crippen LogP contribution in [0.1, 0.15) is 64.4 Å². The fourth-order valence-electron chi connectivity index (χ4n) is 5.29. The Balaban J connectivity index is 1.11. The highest BCUT2D eigenvalue weighted by atomic mass is 35.5. The lowest BCUT2D eigenvalue weighted by Gasteiger charge is -2.31. The van der Waals surface area contributed by atoms with Crippen molar-refractivity contribution in [2.24, 2.45) is 0 Å². The first-order valence-electron chi connectivity index (χ1n) is 13.3. The largest absolute Gasteiger partial charge is 0.478 e. The molecule has 3 heterocycles. The minimum absolute atomic E-state index is 0.147. The number of carbonyl (C=O) groups is 1. The molecule has 0 radical (unpaired) electrons. The molecule has 6 rings (SSSR count). The molecule has 0 amide bonds. The Kier molecular flexibility index (Phi) is 7.18. The highest BCUT2D eigenvalue weighted by molar-refractivity contribution is 7.14. The van der Waals surface area contributed by atoms with Crippen molar-refractivity contribution in [3.8, 4) is 22.5 Å². The zero-order chi connectivity index (χ0) is 27.1. The Labute approximate surface area is 236 Å². The second kappa shape index (κ2) is 10.8. The molecule has 0 bridgehead atoms. The van der Waals surface area contributed by atoms with E-state index in [2.05, 4.69) is 10.1 Å². The molecule has 202 valence electrons. The fraction of sp³-hybridized carbons (Fsp3) is 0.367. The molecule has 2 aromatic carbocycles. The van der Waals surface area contributed by atoms with E-state index in [9.17, 15) is 9.90 Å². The van der Waals surface area contributed by atoms with Crippen LogP contribution < -0.4 is 4.90 Å². The Morgan fingerprint density at radius 2 is 1.95 bits per heavy atom. The summed E-state index contributed by atoms with van der Waals surface area (Å²) in [6.45, 7) is 6.16. The van der Waals surface area contributed by atoms with Crippen LogP contribution in [0.15, 0.2) is 46.3 Å². The van der Waals surface area contributed by atoms with Crippen molar-refractivity contribution in [2.75, 3.05) is 18.0 Å². The van der Waals surface area contributed by atoms with Gasteiger partial charge in [0.2, 0.25) is 0 Å². The molecular weight excluding hydrogens is 534 g/mol. The van der Waals surface area contributed by atoms with E-state index in [0.717, 1.165) is 88.9 Å². The van der Waals surface area contributed by atoms with Crippen LogP contribution in [0.4, 0.5) is 5.13 Å². The zero-order valence-electron chi connectivity index (χ0n) is 21.9. The van der Waals surface area contributed by atoms with Crippen molar-refractivity contribution in [3.63, 3.8) is 0 Å². The van der Waals surface area contributed by atoms with Crippen LogP contribution >= 0.6 is 22.9 Å². The van der Waals surface area contributed by atoms with Crippen molar-refractivity contribution in [3.05, 3.63) is 74.8 Å². The summed E-state index contributed by atoms with van der Waals surface area (Å²) in [4.78, 5) is 18.4. The predicted molar refractivity (Wildman–Crippen MR) is 153 cm³/mol. The summed E-state index contributed by atoms with van der Waals surface area (Å²) in [5, 5.41) is 17.4. The molecule has 0 atom stereocenters. The molecule has 1 N–H and O–H groups in total. The molecule has 4 aromatic rings. The number of benzene rings is 2. The van der Waals surface area contributed by atoms with E-state index in [1.807, 2.05) is 43.5 Å². The van der Waals surface area contributed by atoms with E-state index >= 15 is 0 Å². The highest BCUT2D eigenvalue weighted by Gasteiger charge is 2.34. The zero-order valence-corrected chi connectivity index (χ0v) is 23.5. The Bertz CT molecular complexity index is 1500. The van der Waals surface area contributed by atoms with Gasteiger partial charge in [0.15, 0.2) is 5.13 Å². The molecule has 1 aliphatic carbocycles. The van der Waals surface area contributed by atoms with Gasteiger partial charge in [-0.1, -0.05) is 35.0 Å². The molecule has 2 aromatic heterocycles. The molecule has 0 spiro atoms. The summed E-state index contributed by atoms with van der Waals surface area (Å²) in [7, 11) is 0. The average Bonchev–Trinajstić information content (AvgIpc) is 3.50. The lowest BCUT2D eigenvalue weighted by Crippen LogP contribution is -2.37. The molecule has 1 aliphatic heterocycles. The molecule has 0 unspecified atom stereocenters. The van der Waals surface area contributed by atoms with Gasteiger partial charge in [-0.3, -0.25) is 0 Å². The van der Waals surface area contributed by atoms with E-state index in [4.69, 9.17) is 25.8 Å². The van der Waals surface area contributed by atoms with E-state index in [-0.39, 0.29) is 6.10 Å². The van der Waals surface area contributed by atoms with E-state index < -0.39 is 5.97 Å². The summed E-state index contributed by atoms with van der Waals surface area (Å²) in [5.41, 5.74) is 6.88. The summed E-state index contributed by atoms with van der Waals surface area (Å²) in [6, 6.07) is 11.1. The normalized spacial score (nSPS) is 16.1. The smallest absolute Gasteiger partial charge is 0.335 e. The standard InChI is InChI=1S/C30H30ClN3O4S/c1-17-4-3-5-24(31)26(17)27-23(28(38-33-27)19-6-7-19)15-37-21-10-12-34(13-11-21)30-32-25(16-39-30)22-9-8-20(29(35)36)14-18(22)2/h3-5,8-9,14,16,19,21H,6-7,10-13,15H2,1-2H3,(H,35,36). The van der Waals surface area contributed by atoms with Gasteiger partial charge in [0, 0.05) is 41.1 Å². The maximum atomic E-state index is 11.3. The van der Waals surface area contributed by atoms with Gasteiger partial charge in [-0.05, 0) is 68.9 Å². The number of nitrogens with zero attached hydrogens (tertiary/aromatic N) is 3. The Morgan fingerprint density at radius 1 is 1.15 bits per heavy atom. The molecule has 9 heteroatoms. The number of carboxylic acid groups (broad SMARTS) is 1. The van der Waals surface area contributed by atoms with Crippen molar-refractivity contribution in [1.29, 1.82) is 0 Å². The van der Waals surface area contributed by atoms with Crippen LogP contribution in [0.2, 0.25) is 5.02 Å². The second-order valence-corrected chi connectivity index (χ2v) is 11.7. The van der Waals surface area contributed by atoms with Gasteiger partial charge in [-0.15, -0.1) is 11.3 Å². The number of anilines is 1. The molecule has 2 fully saturated rings. The van der Waals surface area contributed by atoms with Crippen molar-refractivity contribution in [1.82, 2.24) is 10.1 Å². The van der Waals surface area contributed by atoms with E-state index in [1.165, 1.54) is 0 Å². The lowest BCUT2D eigenvalue weighted by atomic mass is 10.0. The van der Waals surface area contributed by atoms with Crippen molar-refractivity contribution < 1.29 is 19.2 Å². The average molecular weight is 564 g/mol. The van der Waals surface area contributed by atoms with Crippen LogP contribution in [0.25, 0.3) is 22.5 Å². The van der Waals surface area contributed by atoms with Crippen molar-refractivity contribution >= 4 is 34.0 Å². The molecular formula is C30H30ClN3O4S. The molecule has 1 saturated carbocycles. The lowest BCUT2D eigenvalue weighted by molar-refractivity contribution is 0.0246. The first kappa shape index (κ1) is 26.0. The second-order valence-electron chi connectivity index (χ2n) is 10.4. The van der Waals surface area contributed by atoms with Gasteiger partial charge >= 0.3 is 5.97 Å². The molecule has 7 nitrogen and oxygen atoms in total. The number of piperidine rings is 1. The number of hydrogen-bond donors (Lipinski definition) is 1. The Hall–Kier alpha value is -3.20. The number of aromatic carboxylic acids is 1. The number of rotatable bonds is 8. The number of aryl methyl sites for hydroxylation is 2. The third-order valence-electron chi connectivity index (χ3n) is 7.64. The van der Waals surface area contributed by atoms with Gasteiger partial charge < -0.3 is 19.3 Å². The van der Waals surface area contributed by atoms with E-state index in [1.54, 1.807) is 23.5 Å². The van der Waals surface area contributed by atoms with Gasteiger partial charge in [-0.2, -0.15) is 0 Å². The maximum absolute atomic E-state index is 11.3. The summed E-state index contributed by atoms with van der Waals surface area (Å²) in [6.07, 6.45) is 4.21. The summed E-state index contributed by atoms with van der Waals surface area (Å²) < 4.78 is 12.3. The predicted octanol–water partition coefficient (Wildman–Crippen LogP) is 7.50. The van der Waals surface area contributed by atoms with Gasteiger partial charge in [0.25, 0.3) is 0 Å². The summed E-state index contributed by atoms with van der Waals surface area (Å²) in [5.74, 6) is 0.456. The minimum Gasteiger partial charge on any atom is -0.478 e. The van der Waals surface area contributed by atoms with E-state index in [0.29, 0.717) is 23.1 Å². The highest BCUT2D eigenvalue weighted by Crippen LogP contribution is 2.45. The van der Waals surface area contributed by atoms with Crippen molar-refractivity contribution in [2.45, 2.75) is 58.2 Å². The minimum atomic E-state index is -0.920. The number of carboxylic acids is 1. The third-order valence-corrected chi connectivity index (χ3v) is 8.86. The summed E-state index contributed by atoms with van der Waals surface area (Å²) >= 11 is 8.20. The van der Waals surface area contributed by atoms with Crippen LogP contribution in [0.5, 0.6) is 0 Å².